The Morgan fingerprint density at radius 2 is 2.06 bits per heavy atom. The first-order valence-corrected chi connectivity index (χ1v) is 7.19. The summed E-state index contributed by atoms with van der Waals surface area (Å²) < 4.78 is 2.42. The number of hydrogen-bond acceptors (Lipinski definition) is 1. The van der Waals surface area contributed by atoms with Gasteiger partial charge in [0.1, 0.15) is 0 Å². The van der Waals surface area contributed by atoms with Crippen molar-refractivity contribution in [2.24, 2.45) is 5.73 Å². The van der Waals surface area contributed by atoms with Crippen molar-refractivity contribution in [3.8, 4) is 0 Å². The Bertz CT molecular complexity index is 571. The van der Waals surface area contributed by atoms with Gasteiger partial charge in [-0.1, -0.05) is 23.7 Å². The van der Waals surface area contributed by atoms with Crippen molar-refractivity contribution in [3.05, 3.63) is 34.5 Å². The van der Waals surface area contributed by atoms with Crippen molar-refractivity contribution in [2.75, 3.05) is 6.54 Å². The lowest BCUT2D eigenvalue weighted by Gasteiger charge is -2.15. The predicted molar refractivity (Wildman–Crippen MR) is 77.3 cm³/mol. The number of nitrogens with zero attached hydrogens (tertiary/aromatic N) is 1. The van der Waals surface area contributed by atoms with E-state index in [1.807, 2.05) is 6.07 Å². The van der Waals surface area contributed by atoms with Crippen LogP contribution in [0.4, 0.5) is 0 Å². The van der Waals surface area contributed by atoms with Crippen molar-refractivity contribution in [1.29, 1.82) is 0 Å². The third-order valence-corrected chi connectivity index (χ3v) is 4.24. The van der Waals surface area contributed by atoms with Crippen LogP contribution in [0.1, 0.15) is 30.5 Å². The van der Waals surface area contributed by atoms with Crippen LogP contribution in [0.2, 0.25) is 5.02 Å². The minimum atomic E-state index is 0.735. The molecule has 2 N–H and O–H groups in total. The lowest BCUT2D eigenvalue weighted by Crippen LogP contribution is -2.11. The summed E-state index contributed by atoms with van der Waals surface area (Å²) in [6.45, 7) is 1.73. The summed E-state index contributed by atoms with van der Waals surface area (Å²) in [6, 6.07) is 6.27. The minimum absolute atomic E-state index is 0.735. The van der Waals surface area contributed by atoms with E-state index in [2.05, 4.69) is 16.7 Å². The minimum Gasteiger partial charge on any atom is -0.343 e. The van der Waals surface area contributed by atoms with Crippen LogP contribution in [-0.4, -0.2) is 11.1 Å². The quantitative estimate of drug-likeness (QED) is 0.902. The average molecular weight is 263 g/mol. The molecule has 1 aromatic carbocycles. The number of fused-ring (bicyclic) bond motifs is 3. The second-order valence-electron chi connectivity index (χ2n) is 5.06. The number of rotatable bonds is 3. The molecule has 0 fully saturated rings. The van der Waals surface area contributed by atoms with Gasteiger partial charge in [-0.15, -0.1) is 0 Å². The topological polar surface area (TPSA) is 30.9 Å². The smallest absolute Gasteiger partial charge is 0.0674 e. The average Bonchev–Trinajstić information content (AvgIpc) is 2.72. The fourth-order valence-electron chi connectivity index (χ4n) is 3.14. The molecule has 18 heavy (non-hydrogen) atoms. The molecule has 2 nitrogen and oxygen atoms in total. The van der Waals surface area contributed by atoms with Gasteiger partial charge in [-0.2, -0.15) is 0 Å². The van der Waals surface area contributed by atoms with Gasteiger partial charge in [0.05, 0.1) is 10.5 Å². The van der Waals surface area contributed by atoms with Crippen LogP contribution in [-0.2, 0) is 19.4 Å². The lowest BCUT2D eigenvalue weighted by molar-refractivity contribution is 0.596. The van der Waals surface area contributed by atoms with Crippen LogP contribution in [0.25, 0.3) is 10.9 Å². The standard InChI is InChI=1S/C15H19ClN2/c16-13-7-3-6-12-11-5-1-2-8-14(11)18(15(12)13)10-4-9-17/h3,6-7H,1-2,4-5,8-10,17H2. The van der Waals surface area contributed by atoms with E-state index in [9.17, 15) is 0 Å². The maximum absolute atomic E-state index is 6.41. The summed E-state index contributed by atoms with van der Waals surface area (Å²) in [5.41, 5.74) is 9.90. The molecule has 3 heteroatoms. The number of benzene rings is 1. The molecule has 0 atom stereocenters. The lowest BCUT2D eigenvalue weighted by atomic mass is 9.95. The molecular formula is C15H19ClN2. The molecule has 0 saturated heterocycles. The van der Waals surface area contributed by atoms with Gasteiger partial charge in [-0.05, 0) is 50.3 Å². The largest absolute Gasteiger partial charge is 0.343 e. The van der Waals surface area contributed by atoms with E-state index in [0.717, 1.165) is 24.5 Å². The van der Waals surface area contributed by atoms with Crippen molar-refractivity contribution < 1.29 is 0 Å². The second-order valence-corrected chi connectivity index (χ2v) is 5.47. The van der Waals surface area contributed by atoms with Crippen LogP contribution in [0, 0.1) is 0 Å². The molecule has 1 aromatic heterocycles. The summed E-state index contributed by atoms with van der Waals surface area (Å²) in [5, 5.41) is 2.23. The van der Waals surface area contributed by atoms with Gasteiger partial charge >= 0.3 is 0 Å². The van der Waals surface area contributed by atoms with Crippen molar-refractivity contribution in [2.45, 2.75) is 38.6 Å². The SMILES string of the molecule is NCCCn1c2c(c3cccc(Cl)c31)CCCC2. The highest BCUT2D eigenvalue weighted by Crippen LogP contribution is 2.35. The molecule has 2 aromatic rings. The van der Waals surface area contributed by atoms with E-state index in [-0.39, 0.29) is 0 Å². The molecule has 0 unspecified atom stereocenters. The Hall–Kier alpha value is -0.990. The molecular weight excluding hydrogens is 244 g/mol. The van der Waals surface area contributed by atoms with E-state index in [1.54, 1.807) is 0 Å². The zero-order valence-corrected chi connectivity index (χ0v) is 11.3. The van der Waals surface area contributed by atoms with Gasteiger partial charge in [0.2, 0.25) is 0 Å². The zero-order valence-electron chi connectivity index (χ0n) is 10.6. The van der Waals surface area contributed by atoms with Crippen molar-refractivity contribution >= 4 is 22.5 Å². The third kappa shape index (κ3) is 1.84. The number of aryl methyl sites for hydroxylation is 2. The maximum atomic E-state index is 6.41. The molecule has 0 aliphatic heterocycles. The fourth-order valence-corrected chi connectivity index (χ4v) is 3.42. The van der Waals surface area contributed by atoms with E-state index < -0.39 is 0 Å². The van der Waals surface area contributed by atoms with Gasteiger partial charge in [0, 0.05) is 17.6 Å². The number of nitrogens with two attached hydrogens (primary N) is 1. The van der Waals surface area contributed by atoms with Gasteiger partial charge in [-0.3, -0.25) is 0 Å². The highest BCUT2D eigenvalue weighted by Gasteiger charge is 2.20. The number of hydrogen-bond donors (Lipinski definition) is 1. The molecule has 0 amide bonds. The monoisotopic (exact) mass is 262 g/mol. The van der Waals surface area contributed by atoms with Gasteiger partial charge < -0.3 is 10.3 Å². The van der Waals surface area contributed by atoms with Crippen molar-refractivity contribution in [1.82, 2.24) is 4.57 Å². The number of para-hydroxylation sites is 1. The van der Waals surface area contributed by atoms with Crippen LogP contribution >= 0.6 is 11.6 Å². The molecule has 0 saturated carbocycles. The van der Waals surface area contributed by atoms with E-state index in [4.69, 9.17) is 17.3 Å². The zero-order chi connectivity index (χ0) is 12.5. The van der Waals surface area contributed by atoms with E-state index in [0.29, 0.717) is 0 Å². The summed E-state index contributed by atoms with van der Waals surface area (Å²) in [7, 11) is 0. The molecule has 0 radical (unpaired) electrons. The first-order valence-electron chi connectivity index (χ1n) is 6.81. The maximum Gasteiger partial charge on any atom is 0.0674 e. The molecule has 96 valence electrons. The molecule has 3 rings (SSSR count). The Kier molecular flexibility index (Phi) is 3.31. The van der Waals surface area contributed by atoms with Crippen LogP contribution in [0.15, 0.2) is 18.2 Å². The second kappa shape index (κ2) is 4.94. The van der Waals surface area contributed by atoms with Crippen molar-refractivity contribution in [3.63, 3.8) is 0 Å². The van der Waals surface area contributed by atoms with Gasteiger partial charge in [-0.25, -0.2) is 0 Å². The first-order chi connectivity index (χ1) is 8.83. The van der Waals surface area contributed by atoms with Gasteiger partial charge in [0.25, 0.3) is 0 Å². The number of aromatic nitrogens is 1. The summed E-state index contributed by atoms with van der Waals surface area (Å²) in [4.78, 5) is 0. The highest BCUT2D eigenvalue weighted by atomic mass is 35.5. The van der Waals surface area contributed by atoms with Crippen LogP contribution in [0.3, 0.4) is 0 Å². The summed E-state index contributed by atoms with van der Waals surface area (Å²) >= 11 is 6.41. The van der Waals surface area contributed by atoms with Crippen LogP contribution < -0.4 is 5.73 Å². The predicted octanol–water partition coefficient (Wildman–Crippen LogP) is 3.52. The summed E-state index contributed by atoms with van der Waals surface area (Å²) in [5.74, 6) is 0. The van der Waals surface area contributed by atoms with Crippen LogP contribution in [0.5, 0.6) is 0 Å². The molecule has 0 bridgehead atoms. The number of halogens is 1. The Balaban J connectivity index is 2.23. The molecule has 1 aliphatic carbocycles. The molecule has 1 aliphatic rings. The Labute approximate surface area is 113 Å². The molecule has 1 heterocycles. The summed E-state index contributed by atoms with van der Waals surface area (Å²) in [6.07, 6.45) is 5.99. The Morgan fingerprint density at radius 3 is 2.89 bits per heavy atom. The highest BCUT2D eigenvalue weighted by molar-refractivity contribution is 6.35. The van der Waals surface area contributed by atoms with Gasteiger partial charge in [0.15, 0.2) is 0 Å². The fraction of sp³-hybridized carbons (Fsp3) is 0.467. The first kappa shape index (κ1) is 12.1. The third-order valence-electron chi connectivity index (χ3n) is 3.93. The van der Waals surface area contributed by atoms with E-state index >= 15 is 0 Å². The van der Waals surface area contributed by atoms with E-state index in [1.165, 1.54) is 47.8 Å². The Morgan fingerprint density at radius 1 is 1.22 bits per heavy atom. The molecule has 0 spiro atoms. The normalized spacial score (nSPS) is 15.0.